The molecule has 3 nitrogen and oxygen atoms in total. The topological polar surface area (TPSA) is 49.5 Å². The molecule has 0 bridgehead atoms. The van der Waals surface area contributed by atoms with Crippen molar-refractivity contribution in [3.8, 4) is 0 Å². The van der Waals surface area contributed by atoms with Crippen molar-refractivity contribution in [2.75, 3.05) is 18.1 Å². The summed E-state index contributed by atoms with van der Waals surface area (Å²) in [5.41, 5.74) is 6.59. The van der Waals surface area contributed by atoms with Crippen LogP contribution in [0.5, 0.6) is 0 Å². The van der Waals surface area contributed by atoms with Gasteiger partial charge in [-0.1, -0.05) is 31.5 Å². The van der Waals surface area contributed by atoms with E-state index in [1.54, 1.807) is 12.1 Å². The van der Waals surface area contributed by atoms with Crippen LogP contribution in [0.3, 0.4) is 0 Å². The highest BCUT2D eigenvalue weighted by Gasteiger charge is 2.25. The van der Waals surface area contributed by atoms with Crippen LogP contribution >= 0.6 is 28.1 Å². The Labute approximate surface area is 138 Å². The summed E-state index contributed by atoms with van der Waals surface area (Å²) in [6.45, 7) is 0.436. The lowest BCUT2D eigenvalue weighted by Crippen LogP contribution is -2.39. The summed E-state index contributed by atoms with van der Waals surface area (Å²) in [5, 5.41) is 9.32. The number of benzene rings is 1. The molecule has 0 aliphatic heterocycles. The molecule has 0 amide bonds. The van der Waals surface area contributed by atoms with Crippen LogP contribution in [0.25, 0.3) is 0 Å². The van der Waals surface area contributed by atoms with Gasteiger partial charge in [0.2, 0.25) is 0 Å². The van der Waals surface area contributed by atoms with Gasteiger partial charge < -0.3 is 15.7 Å². The minimum absolute atomic E-state index is 0.00457. The van der Waals surface area contributed by atoms with Gasteiger partial charge in [-0.2, -0.15) is 0 Å². The number of rotatable bonds is 5. The van der Waals surface area contributed by atoms with Crippen LogP contribution in [0.1, 0.15) is 37.7 Å². The van der Waals surface area contributed by atoms with E-state index in [4.69, 9.17) is 18.0 Å². The molecule has 0 aromatic heterocycles. The average Bonchev–Trinajstić information content (AvgIpc) is 2.48. The Kier molecular flexibility index (Phi) is 5.96. The standard InChI is InChI=1S/C15H20BrFN2OS/c16-13-11(15(18)21)6-7-12(14(13)17)19(8-9-20)10-4-2-1-3-5-10/h6-7,10,20H,1-5,8-9H2,(H2,18,21). The van der Waals surface area contributed by atoms with Crippen molar-refractivity contribution in [2.24, 2.45) is 5.73 Å². The summed E-state index contributed by atoms with van der Waals surface area (Å²) in [4.78, 5) is 2.14. The predicted octanol–water partition coefficient (Wildman–Crippen LogP) is 3.35. The van der Waals surface area contributed by atoms with E-state index in [0.29, 0.717) is 22.3 Å². The van der Waals surface area contributed by atoms with Crippen LogP contribution in [0.15, 0.2) is 16.6 Å². The zero-order chi connectivity index (χ0) is 15.4. The summed E-state index contributed by atoms with van der Waals surface area (Å²) >= 11 is 8.17. The van der Waals surface area contributed by atoms with E-state index in [0.717, 1.165) is 25.7 Å². The molecule has 1 saturated carbocycles. The van der Waals surface area contributed by atoms with E-state index in [1.807, 2.05) is 4.90 Å². The number of hydrogen-bond acceptors (Lipinski definition) is 3. The molecule has 0 heterocycles. The zero-order valence-corrected chi connectivity index (χ0v) is 14.2. The first-order valence-electron chi connectivity index (χ1n) is 7.21. The number of thiocarbonyl (C=S) groups is 1. The van der Waals surface area contributed by atoms with Crippen molar-refractivity contribution in [1.29, 1.82) is 0 Å². The molecule has 0 atom stereocenters. The number of hydrogen-bond donors (Lipinski definition) is 2. The monoisotopic (exact) mass is 374 g/mol. The van der Waals surface area contributed by atoms with Gasteiger partial charge in [-0.25, -0.2) is 4.39 Å². The van der Waals surface area contributed by atoms with E-state index in [9.17, 15) is 9.50 Å². The van der Waals surface area contributed by atoms with E-state index in [1.165, 1.54) is 6.42 Å². The molecular weight excluding hydrogens is 355 g/mol. The zero-order valence-electron chi connectivity index (χ0n) is 11.8. The van der Waals surface area contributed by atoms with Crippen LogP contribution in [0, 0.1) is 5.82 Å². The van der Waals surface area contributed by atoms with Gasteiger partial charge >= 0.3 is 0 Å². The van der Waals surface area contributed by atoms with Gasteiger partial charge in [0.1, 0.15) is 4.99 Å². The molecule has 0 unspecified atom stereocenters. The van der Waals surface area contributed by atoms with Crippen molar-refractivity contribution in [1.82, 2.24) is 0 Å². The average molecular weight is 375 g/mol. The summed E-state index contributed by atoms with van der Waals surface area (Å²) in [5.74, 6) is -0.362. The third kappa shape index (κ3) is 3.73. The Morgan fingerprint density at radius 3 is 2.62 bits per heavy atom. The Bertz CT molecular complexity index is 521. The number of aliphatic hydroxyl groups is 1. The molecule has 0 saturated heterocycles. The number of aliphatic hydroxyl groups excluding tert-OH is 1. The maximum Gasteiger partial charge on any atom is 0.161 e. The second kappa shape index (κ2) is 7.51. The van der Waals surface area contributed by atoms with E-state index < -0.39 is 0 Å². The summed E-state index contributed by atoms with van der Waals surface area (Å²) in [7, 11) is 0. The first-order chi connectivity index (χ1) is 10.1. The fourth-order valence-electron chi connectivity index (χ4n) is 2.95. The molecule has 116 valence electrons. The number of halogens is 2. The Balaban J connectivity index is 2.35. The first-order valence-corrected chi connectivity index (χ1v) is 8.41. The maximum absolute atomic E-state index is 14.7. The highest BCUT2D eigenvalue weighted by atomic mass is 79.9. The van der Waals surface area contributed by atoms with Gasteiger partial charge in [-0.3, -0.25) is 0 Å². The van der Waals surface area contributed by atoms with E-state index in [-0.39, 0.29) is 23.5 Å². The van der Waals surface area contributed by atoms with Gasteiger partial charge in [0.25, 0.3) is 0 Å². The molecule has 21 heavy (non-hydrogen) atoms. The molecular formula is C15H20BrFN2OS. The van der Waals surface area contributed by atoms with Crippen molar-refractivity contribution >= 4 is 38.8 Å². The molecule has 0 radical (unpaired) electrons. The van der Waals surface area contributed by atoms with Crippen LogP contribution in [0.2, 0.25) is 0 Å². The first kappa shape index (κ1) is 16.6. The Hall–Kier alpha value is -0.720. The normalized spacial score (nSPS) is 16.0. The summed E-state index contributed by atoms with van der Waals surface area (Å²) in [6.07, 6.45) is 5.61. The van der Waals surface area contributed by atoms with Gasteiger partial charge in [0.15, 0.2) is 5.82 Å². The minimum atomic E-state index is -0.362. The van der Waals surface area contributed by atoms with E-state index in [2.05, 4.69) is 15.9 Å². The van der Waals surface area contributed by atoms with Gasteiger partial charge in [0.05, 0.1) is 16.8 Å². The minimum Gasteiger partial charge on any atom is -0.395 e. The molecule has 1 aromatic rings. The van der Waals surface area contributed by atoms with Crippen molar-refractivity contribution in [2.45, 2.75) is 38.1 Å². The van der Waals surface area contributed by atoms with Crippen LogP contribution in [0.4, 0.5) is 10.1 Å². The fraction of sp³-hybridized carbons (Fsp3) is 0.533. The third-order valence-corrected chi connectivity index (χ3v) is 4.99. The largest absolute Gasteiger partial charge is 0.395 e. The quantitative estimate of drug-likeness (QED) is 0.775. The molecule has 1 aliphatic rings. The van der Waals surface area contributed by atoms with Crippen molar-refractivity contribution in [3.63, 3.8) is 0 Å². The molecule has 0 spiro atoms. The number of nitrogens with two attached hydrogens (primary N) is 1. The highest BCUT2D eigenvalue weighted by molar-refractivity contribution is 9.10. The smallest absolute Gasteiger partial charge is 0.161 e. The lowest BCUT2D eigenvalue weighted by atomic mass is 9.93. The molecule has 3 N–H and O–H groups in total. The van der Waals surface area contributed by atoms with Crippen molar-refractivity contribution in [3.05, 3.63) is 28.0 Å². The summed E-state index contributed by atoms with van der Waals surface area (Å²) < 4.78 is 15.0. The maximum atomic E-state index is 14.7. The number of anilines is 1. The SMILES string of the molecule is NC(=S)c1ccc(N(CCO)C2CCCCC2)c(F)c1Br. The second-order valence-electron chi connectivity index (χ2n) is 5.33. The fourth-order valence-corrected chi connectivity index (χ4v) is 3.80. The predicted molar refractivity (Wildman–Crippen MR) is 91.3 cm³/mol. The van der Waals surface area contributed by atoms with Crippen molar-refractivity contribution < 1.29 is 9.50 Å². The van der Waals surface area contributed by atoms with Gasteiger partial charge in [-0.15, -0.1) is 0 Å². The summed E-state index contributed by atoms with van der Waals surface area (Å²) in [6, 6.07) is 3.72. The van der Waals surface area contributed by atoms with Gasteiger partial charge in [-0.05, 0) is 40.9 Å². The van der Waals surface area contributed by atoms with Crippen LogP contribution in [-0.4, -0.2) is 29.3 Å². The molecule has 1 fully saturated rings. The van der Waals surface area contributed by atoms with Crippen LogP contribution in [-0.2, 0) is 0 Å². The molecule has 1 aromatic carbocycles. The highest BCUT2D eigenvalue weighted by Crippen LogP contribution is 2.33. The van der Waals surface area contributed by atoms with Crippen LogP contribution < -0.4 is 10.6 Å². The van der Waals surface area contributed by atoms with Gasteiger partial charge in [0, 0.05) is 18.2 Å². The lowest BCUT2D eigenvalue weighted by molar-refractivity contribution is 0.289. The molecule has 2 rings (SSSR count). The molecule has 1 aliphatic carbocycles. The second-order valence-corrected chi connectivity index (χ2v) is 6.57. The molecule has 6 heteroatoms. The Morgan fingerprint density at radius 2 is 2.05 bits per heavy atom. The lowest BCUT2D eigenvalue weighted by Gasteiger charge is -2.36. The number of nitrogens with zero attached hydrogens (tertiary/aromatic N) is 1. The third-order valence-electron chi connectivity index (χ3n) is 3.99. The van der Waals surface area contributed by atoms with E-state index >= 15 is 0 Å². The Morgan fingerprint density at radius 1 is 1.38 bits per heavy atom.